The number of ether oxygens (including phenoxy) is 2. The molecule has 210 valence electrons. The fraction of sp³-hybridized carbons (Fsp3) is 1.00. The molecule has 0 amide bonds. The lowest BCUT2D eigenvalue weighted by atomic mass is 9.44. The van der Waals surface area contributed by atoms with Crippen molar-refractivity contribution in [2.75, 3.05) is 14.2 Å². The Morgan fingerprint density at radius 3 is 2.11 bits per heavy atom. The van der Waals surface area contributed by atoms with E-state index in [0.717, 1.165) is 41.9 Å². The minimum atomic E-state index is -1.63. The van der Waals surface area contributed by atoms with Gasteiger partial charge in [0.2, 0.25) is 0 Å². The van der Waals surface area contributed by atoms with Gasteiger partial charge in [-0.2, -0.15) is 0 Å². The van der Waals surface area contributed by atoms with Crippen LogP contribution in [0.3, 0.4) is 0 Å². The van der Waals surface area contributed by atoms with Crippen LogP contribution in [0.5, 0.6) is 0 Å². The second-order valence-electron chi connectivity index (χ2n) is 14.1. The first-order valence-corrected chi connectivity index (χ1v) is 18.5. The molecule has 10 atom stereocenters. The zero-order valence-corrected chi connectivity index (χ0v) is 26.2. The van der Waals surface area contributed by atoms with Gasteiger partial charge in [-0.25, -0.2) is 0 Å². The van der Waals surface area contributed by atoms with Crippen molar-refractivity contribution in [3.05, 3.63) is 0 Å². The van der Waals surface area contributed by atoms with Crippen LogP contribution in [0.15, 0.2) is 0 Å². The van der Waals surface area contributed by atoms with Gasteiger partial charge in [0.1, 0.15) is 6.29 Å². The Labute approximate surface area is 225 Å². The number of hydrogen-bond acceptors (Lipinski definition) is 3. The monoisotopic (exact) mass is 520 g/mol. The molecule has 0 radical (unpaired) electrons. The van der Waals surface area contributed by atoms with Crippen LogP contribution < -0.4 is 0 Å². The number of fused-ring (bicyclic) bond motifs is 5. The molecule has 0 aromatic heterocycles. The Bertz CT molecular complexity index is 701. The summed E-state index contributed by atoms with van der Waals surface area (Å²) >= 11 is 0. The van der Waals surface area contributed by atoms with E-state index in [4.69, 9.17) is 13.9 Å². The standard InChI is InChI=1S/C32H60O3Si/c1-9-36(10-2,11-3)35-30(34-8)17-12-23(4)27-15-16-28-26-14-13-24-22-25(33-7)18-20-31(24,5)29(26)19-21-32(27,28)6/h23-30H,9-22H2,1-8H3/t23-,24?,25-,26?,27?,28?,29?,30?,31+,32-/m1/s1. The van der Waals surface area contributed by atoms with E-state index in [0.29, 0.717) is 16.9 Å². The molecule has 4 aliphatic rings. The Kier molecular flexibility index (Phi) is 9.44. The molecular formula is C32H60O3Si. The minimum Gasteiger partial charge on any atom is -0.392 e. The van der Waals surface area contributed by atoms with E-state index in [1.165, 1.54) is 82.3 Å². The van der Waals surface area contributed by atoms with E-state index < -0.39 is 8.32 Å². The van der Waals surface area contributed by atoms with Crippen molar-refractivity contribution in [2.24, 2.45) is 46.3 Å². The third-order valence-electron chi connectivity index (χ3n) is 13.1. The summed E-state index contributed by atoms with van der Waals surface area (Å²) in [5.41, 5.74) is 1.12. The number of rotatable bonds is 11. The second kappa shape index (κ2) is 11.7. The summed E-state index contributed by atoms with van der Waals surface area (Å²) in [6.45, 7) is 14.9. The fourth-order valence-corrected chi connectivity index (χ4v) is 13.3. The number of hydrogen-bond donors (Lipinski definition) is 0. The molecule has 0 aromatic rings. The maximum Gasteiger partial charge on any atom is 0.195 e. The van der Waals surface area contributed by atoms with Crippen molar-refractivity contribution in [3.8, 4) is 0 Å². The highest BCUT2D eigenvalue weighted by atomic mass is 28.4. The predicted octanol–water partition coefficient (Wildman–Crippen LogP) is 9.07. The summed E-state index contributed by atoms with van der Waals surface area (Å²) in [6, 6.07) is 3.60. The van der Waals surface area contributed by atoms with Crippen LogP contribution in [0.2, 0.25) is 18.1 Å². The Morgan fingerprint density at radius 2 is 1.47 bits per heavy atom. The summed E-state index contributed by atoms with van der Waals surface area (Å²) < 4.78 is 18.5. The molecule has 4 fully saturated rings. The lowest BCUT2D eigenvalue weighted by Crippen LogP contribution is -2.54. The van der Waals surface area contributed by atoms with Crippen LogP contribution in [0, 0.1) is 46.3 Å². The van der Waals surface area contributed by atoms with Crippen molar-refractivity contribution in [2.45, 2.75) is 143 Å². The average molecular weight is 521 g/mol. The van der Waals surface area contributed by atoms with Crippen molar-refractivity contribution >= 4 is 8.32 Å². The first-order chi connectivity index (χ1) is 17.2. The Morgan fingerprint density at radius 1 is 0.806 bits per heavy atom. The van der Waals surface area contributed by atoms with Gasteiger partial charge in [-0.15, -0.1) is 0 Å². The Balaban J connectivity index is 1.39. The summed E-state index contributed by atoms with van der Waals surface area (Å²) in [7, 11) is 2.17. The highest BCUT2D eigenvalue weighted by Crippen LogP contribution is 2.68. The molecule has 36 heavy (non-hydrogen) atoms. The summed E-state index contributed by atoms with van der Waals surface area (Å²) in [6.07, 6.45) is 15.7. The molecule has 4 rings (SSSR count). The molecule has 0 bridgehead atoms. The lowest BCUT2D eigenvalue weighted by molar-refractivity contribution is -0.133. The number of methoxy groups -OCH3 is 2. The van der Waals surface area contributed by atoms with Gasteiger partial charge in [-0.05, 0) is 135 Å². The van der Waals surface area contributed by atoms with Gasteiger partial charge in [-0.3, -0.25) is 0 Å². The first-order valence-electron chi connectivity index (χ1n) is 15.9. The van der Waals surface area contributed by atoms with Crippen molar-refractivity contribution in [1.82, 2.24) is 0 Å². The highest BCUT2D eigenvalue weighted by Gasteiger charge is 2.60. The first kappa shape index (κ1) is 29.1. The summed E-state index contributed by atoms with van der Waals surface area (Å²) in [5.74, 6) is 5.43. The lowest BCUT2D eigenvalue weighted by Gasteiger charge is -2.61. The van der Waals surface area contributed by atoms with E-state index in [1.807, 2.05) is 14.2 Å². The summed E-state index contributed by atoms with van der Waals surface area (Å²) in [5, 5.41) is 0. The maximum absolute atomic E-state index is 6.74. The van der Waals surface area contributed by atoms with Gasteiger partial charge >= 0.3 is 0 Å². The summed E-state index contributed by atoms with van der Waals surface area (Å²) in [4.78, 5) is 0. The molecule has 0 aliphatic heterocycles. The molecule has 0 saturated heterocycles. The largest absolute Gasteiger partial charge is 0.392 e. The van der Waals surface area contributed by atoms with Crippen molar-refractivity contribution in [1.29, 1.82) is 0 Å². The van der Waals surface area contributed by atoms with Crippen molar-refractivity contribution < 1.29 is 13.9 Å². The van der Waals surface area contributed by atoms with Crippen LogP contribution in [-0.4, -0.2) is 34.9 Å². The molecule has 0 N–H and O–H groups in total. The quantitative estimate of drug-likeness (QED) is 0.201. The van der Waals surface area contributed by atoms with Gasteiger partial charge in [0, 0.05) is 14.2 Å². The smallest absolute Gasteiger partial charge is 0.195 e. The Hall–Kier alpha value is 0.0969. The molecule has 4 heteroatoms. The van der Waals surface area contributed by atoms with Crippen LogP contribution in [0.25, 0.3) is 0 Å². The predicted molar refractivity (Wildman–Crippen MR) is 153 cm³/mol. The van der Waals surface area contributed by atoms with E-state index in [9.17, 15) is 0 Å². The zero-order chi connectivity index (χ0) is 26.1. The molecular weight excluding hydrogens is 460 g/mol. The van der Waals surface area contributed by atoms with Gasteiger partial charge in [0.25, 0.3) is 0 Å². The van der Waals surface area contributed by atoms with E-state index in [1.54, 1.807) is 0 Å². The van der Waals surface area contributed by atoms with Crippen LogP contribution in [-0.2, 0) is 13.9 Å². The molecule has 6 unspecified atom stereocenters. The van der Waals surface area contributed by atoms with Gasteiger partial charge in [-0.1, -0.05) is 41.5 Å². The normalized spacial score (nSPS) is 42.3. The minimum absolute atomic E-state index is 0.00263. The van der Waals surface area contributed by atoms with E-state index in [2.05, 4.69) is 41.5 Å². The van der Waals surface area contributed by atoms with Gasteiger partial charge < -0.3 is 13.9 Å². The third kappa shape index (κ3) is 5.16. The van der Waals surface area contributed by atoms with Crippen molar-refractivity contribution in [3.63, 3.8) is 0 Å². The molecule has 0 spiro atoms. The van der Waals surface area contributed by atoms with Gasteiger partial charge in [0.05, 0.1) is 6.10 Å². The molecule has 0 heterocycles. The maximum atomic E-state index is 6.74. The van der Waals surface area contributed by atoms with Crippen LogP contribution in [0.4, 0.5) is 0 Å². The SMILES string of the molecule is CC[Si](CC)(CC)OC(CC[C@@H](C)C1CCC2C3CCC4C[C@H](OC)CC[C@]4(C)C3CC[C@@]21C)OC. The zero-order valence-electron chi connectivity index (χ0n) is 25.2. The molecule has 4 saturated carbocycles. The van der Waals surface area contributed by atoms with Gasteiger partial charge in [0.15, 0.2) is 8.32 Å². The molecule has 0 aromatic carbocycles. The average Bonchev–Trinajstić information content (AvgIpc) is 3.26. The third-order valence-corrected chi connectivity index (χ3v) is 17.8. The second-order valence-corrected chi connectivity index (χ2v) is 18.8. The topological polar surface area (TPSA) is 27.7 Å². The highest BCUT2D eigenvalue weighted by molar-refractivity contribution is 6.73. The molecule has 3 nitrogen and oxygen atoms in total. The molecule has 4 aliphatic carbocycles. The van der Waals surface area contributed by atoms with Crippen LogP contribution >= 0.6 is 0 Å². The van der Waals surface area contributed by atoms with Crippen LogP contribution in [0.1, 0.15) is 112 Å². The van der Waals surface area contributed by atoms with E-state index >= 15 is 0 Å². The van der Waals surface area contributed by atoms with E-state index in [-0.39, 0.29) is 6.29 Å². The fourth-order valence-electron chi connectivity index (χ4n) is 10.5.